The van der Waals surface area contributed by atoms with Gasteiger partial charge in [-0.1, -0.05) is 0 Å². The van der Waals surface area contributed by atoms with Crippen molar-refractivity contribution in [2.45, 2.75) is 38.5 Å². The first kappa shape index (κ1) is 22.8. The van der Waals surface area contributed by atoms with Gasteiger partial charge in [0.05, 0.1) is 39.6 Å². The van der Waals surface area contributed by atoms with Gasteiger partial charge < -0.3 is 29.2 Å². The fourth-order valence-electron chi connectivity index (χ4n) is 1.72. The Kier molecular flexibility index (Phi) is 17.2. The van der Waals surface area contributed by atoms with Gasteiger partial charge in [-0.3, -0.25) is 9.59 Å². The number of carbonyl (C=O) groups excluding carboxylic acids is 2. The number of carbonyl (C=O) groups is 2. The quantitative estimate of drug-likeness (QED) is 0.287. The lowest BCUT2D eigenvalue weighted by molar-refractivity contribution is -0.147. The van der Waals surface area contributed by atoms with Crippen LogP contribution in [-0.2, 0) is 28.5 Å². The van der Waals surface area contributed by atoms with Gasteiger partial charge in [-0.25, -0.2) is 0 Å². The molecule has 0 unspecified atom stereocenters. The Bertz CT molecular complexity index is 308. The number of esters is 2. The maximum absolute atomic E-state index is 11.5. The van der Waals surface area contributed by atoms with Crippen LogP contribution >= 0.6 is 0 Å². The van der Waals surface area contributed by atoms with E-state index in [-0.39, 0.29) is 57.8 Å². The first-order chi connectivity index (χ1) is 11.7. The molecule has 2 N–H and O–H groups in total. The second-order valence-corrected chi connectivity index (χ2v) is 5.03. The summed E-state index contributed by atoms with van der Waals surface area (Å²) in [6, 6.07) is 0. The minimum Gasteiger partial charge on any atom is -0.466 e. The molecule has 0 atom stereocenters. The van der Waals surface area contributed by atoms with Crippen molar-refractivity contribution in [1.29, 1.82) is 0 Å². The van der Waals surface area contributed by atoms with Crippen LogP contribution in [0.5, 0.6) is 0 Å². The van der Waals surface area contributed by atoms with Crippen molar-refractivity contribution in [2.24, 2.45) is 0 Å². The molecule has 8 heteroatoms. The molecule has 0 aromatic carbocycles. The van der Waals surface area contributed by atoms with Crippen LogP contribution in [0.15, 0.2) is 0 Å². The number of ether oxygens (including phenoxy) is 4. The van der Waals surface area contributed by atoms with Gasteiger partial charge in [0.1, 0.15) is 6.61 Å². The summed E-state index contributed by atoms with van der Waals surface area (Å²) >= 11 is 0. The summed E-state index contributed by atoms with van der Waals surface area (Å²) in [5.41, 5.74) is 0. The van der Waals surface area contributed by atoms with E-state index in [0.29, 0.717) is 32.7 Å². The largest absolute Gasteiger partial charge is 0.466 e. The lowest BCUT2D eigenvalue weighted by atomic mass is 10.2. The Balaban J connectivity index is 3.31. The highest BCUT2D eigenvalue weighted by atomic mass is 16.6. The minimum absolute atomic E-state index is 0.0139. The fourth-order valence-corrected chi connectivity index (χ4v) is 1.72. The Morgan fingerprint density at radius 1 is 0.583 bits per heavy atom. The smallest absolute Gasteiger partial charge is 0.305 e. The van der Waals surface area contributed by atoms with E-state index in [1.54, 1.807) is 0 Å². The summed E-state index contributed by atoms with van der Waals surface area (Å²) in [6.07, 6.45) is 3.20. The van der Waals surface area contributed by atoms with Crippen LogP contribution in [0.4, 0.5) is 0 Å². The van der Waals surface area contributed by atoms with Gasteiger partial charge in [0.25, 0.3) is 0 Å². The third-order valence-electron chi connectivity index (χ3n) is 2.92. The average molecular weight is 350 g/mol. The van der Waals surface area contributed by atoms with E-state index in [9.17, 15) is 9.59 Å². The van der Waals surface area contributed by atoms with Crippen LogP contribution in [0.1, 0.15) is 38.5 Å². The third kappa shape index (κ3) is 17.1. The second kappa shape index (κ2) is 18.1. The number of rotatable bonds is 17. The number of hydrogen-bond acceptors (Lipinski definition) is 8. The Morgan fingerprint density at radius 2 is 1.08 bits per heavy atom. The molecule has 0 aliphatic heterocycles. The van der Waals surface area contributed by atoms with Crippen molar-refractivity contribution < 1.29 is 38.7 Å². The van der Waals surface area contributed by atoms with Gasteiger partial charge in [0.2, 0.25) is 0 Å². The molecule has 0 radical (unpaired) electrons. The maximum atomic E-state index is 11.5. The van der Waals surface area contributed by atoms with Gasteiger partial charge >= 0.3 is 11.9 Å². The molecule has 0 aromatic heterocycles. The first-order valence-corrected chi connectivity index (χ1v) is 8.39. The van der Waals surface area contributed by atoms with Crippen LogP contribution < -0.4 is 0 Å². The van der Waals surface area contributed by atoms with Crippen LogP contribution in [0.25, 0.3) is 0 Å². The van der Waals surface area contributed by atoms with E-state index in [1.807, 2.05) is 0 Å². The van der Waals surface area contributed by atoms with Gasteiger partial charge in [0.15, 0.2) is 0 Å². The minimum atomic E-state index is -0.321. The molecule has 0 saturated carbocycles. The molecule has 0 aliphatic rings. The van der Waals surface area contributed by atoms with E-state index in [1.165, 1.54) is 0 Å². The van der Waals surface area contributed by atoms with Crippen molar-refractivity contribution in [3.63, 3.8) is 0 Å². The lowest BCUT2D eigenvalue weighted by Crippen LogP contribution is -2.12. The molecule has 0 bridgehead atoms. The third-order valence-corrected chi connectivity index (χ3v) is 2.92. The molecule has 142 valence electrons. The van der Waals surface area contributed by atoms with Gasteiger partial charge in [-0.15, -0.1) is 0 Å². The van der Waals surface area contributed by atoms with Crippen LogP contribution in [0.3, 0.4) is 0 Å². The molecular weight excluding hydrogens is 320 g/mol. The maximum Gasteiger partial charge on any atom is 0.305 e. The van der Waals surface area contributed by atoms with Crippen molar-refractivity contribution >= 4 is 11.9 Å². The van der Waals surface area contributed by atoms with Crippen LogP contribution in [0.2, 0.25) is 0 Å². The Hall–Kier alpha value is -1.22. The van der Waals surface area contributed by atoms with Crippen LogP contribution in [0, 0.1) is 0 Å². The predicted octanol–water partition coefficient (Wildman–Crippen LogP) is 0.431. The zero-order valence-corrected chi connectivity index (χ0v) is 14.2. The van der Waals surface area contributed by atoms with E-state index in [0.717, 1.165) is 12.8 Å². The number of unbranched alkanes of at least 4 members (excludes halogenated alkanes) is 2. The van der Waals surface area contributed by atoms with E-state index in [4.69, 9.17) is 29.2 Å². The van der Waals surface area contributed by atoms with Crippen LogP contribution in [-0.4, -0.2) is 75.0 Å². The van der Waals surface area contributed by atoms with Gasteiger partial charge in [0, 0.05) is 19.4 Å². The van der Waals surface area contributed by atoms with Gasteiger partial charge in [-0.05, 0) is 25.7 Å². The normalized spacial score (nSPS) is 10.6. The van der Waals surface area contributed by atoms with E-state index < -0.39 is 0 Å². The molecule has 0 spiro atoms. The highest BCUT2D eigenvalue weighted by Crippen LogP contribution is 2.03. The lowest BCUT2D eigenvalue weighted by Gasteiger charge is -2.06. The van der Waals surface area contributed by atoms with Gasteiger partial charge in [-0.2, -0.15) is 0 Å². The molecule has 0 fully saturated rings. The van der Waals surface area contributed by atoms with Crippen molar-refractivity contribution in [3.8, 4) is 0 Å². The number of hydrogen-bond donors (Lipinski definition) is 2. The number of aliphatic hydroxyl groups excluding tert-OH is 2. The monoisotopic (exact) mass is 350 g/mol. The molecule has 0 rings (SSSR count). The average Bonchev–Trinajstić information content (AvgIpc) is 2.58. The molecule has 0 saturated heterocycles. The molecule has 0 heterocycles. The SMILES string of the molecule is O=C(CCCCC(=O)OCCOCCO)OCCCCOCCO. The zero-order chi connectivity index (χ0) is 17.9. The molecule has 0 amide bonds. The topological polar surface area (TPSA) is 112 Å². The fraction of sp³-hybridized carbons (Fsp3) is 0.875. The summed E-state index contributed by atoms with van der Waals surface area (Å²) in [6.45, 7) is 1.86. The highest BCUT2D eigenvalue weighted by molar-refractivity contribution is 5.70. The van der Waals surface area contributed by atoms with Crippen molar-refractivity contribution in [3.05, 3.63) is 0 Å². The van der Waals surface area contributed by atoms with E-state index in [2.05, 4.69) is 0 Å². The standard InChI is InChI=1S/C16H30O8/c17-7-11-21-9-3-4-10-23-15(19)5-1-2-6-16(20)24-14-13-22-12-8-18/h17-18H,1-14H2. The number of aliphatic hydroxyl groups is 2. The first-order valence-electron chi connectivity index (χ1n) is 8.39. The molecule has 0 aromatic rings. The molecule has 0 aliphatic carbocycles. The summed E-state index contributed by atoms with van der Waals surface area (Å²) < 4.78 is 20.0. The Labute approximate surface area is 143 Å². The molecule has 8 nitrogen and oxygen atoms in total. The zero-order valence-electron chi connectivity index (χ0n) is 14.2. The highest BCUT2D eigenvalue weighted by Gasteiger charge is 2.06. The second-order valence-electron chi connectivity index (χ2n) is 5.03. The predicted molar refractivity (Wildman–Crippen MR) is 85.4 cm³/mol. The summed E-state index contributed by atoms with van der Waals surface area (Å²) in [5.74, 6) is -0.587. The summed E-state index contributed by atoms with van der Waals surface area (Å²) in [5, 5.41) is 17.0. The van der Waals surface area contributed by atoms with Crippen molar-refractivity contribution in [2.75, 3.05) is 52.9 Å². The van der Waals surface area contributed by atoms with E-state index >= 15 is 0 Å². The summed E-state index contributed by atoms with van der Waals surface area (Å²) in [4.78, 5) is 22.8. The molecule has 24 heavy (non-hydrogen) atoms. The Morgan fingerprint density at radius 3 is 1.67 bits per heavy atom. The molecular formula is C16H30O8. The van der Waals surface area contributed by atoms with Crippen molar-refractivity contribution in [1.82, 2.24) is 0 Å². The summed E-state index contributed by atoms with van der Waals surface area (Å²) in [7, 11) is 0.